The maximum atomic E-state index is 12.0. The molecule has 0 saturated carbocycles. The molecule has 1 aromatic heterocycles. The van der Waals surface area contributed by atoms with Gasteiger partial charge in [0.05, 0.1) is 5.56 Å². The molecule has 0 aliphatic rings. The zero-order valence-electron chi connectivity index (χ0n) is 10.5. The maximum Gasteiger partial charge on any atom is 0.389 e. The van der Waals surface area contributed by atoms with Crippen LogP contribution in [-0.2, 0) is 0 Å². The van der Waals surface area contributed by atoms with Crippen molar-refractivity contribution in [1.82, 2.24) is 4.98 Å². The molecule has 0 aliphatic heterocycles. The van der Waals surface area contributed by atoms with E-state index < -0.39 is 12.6 Å². The molecule has 0 unspecified atom stereocenters. The lowest BCUT2D eigenvalue weighted by Crippen LogP contribution is -2.16. The second kappa shape index (κ2) is 6.70. The third-order valence-corrected chi connectivity index (χ3v) is 2.70. The Labute approximate surface area is 115 Å². The van der Waals surface area contributed by atoms with Gasteiger partial charge in [-0.2, -0.15) is 13.2 Å². The van der Waals surface area contributed by atoms with Crippen molar-refractivity contribution < 1.29 is 13.2 Å². The van der Waals surface area contributed by atoms with Crippen LogP contribution in [0.4, 0.5) is 19.0 Å². The van der Waals surface area contributed by atoms with Crippen LogP contribution in [0.15, 0.2) is 12.1 Å². The number of hydrogen-bond donors (Lipinski definition) is 2. The van der Waals surface area contributed by atoms with E-state index in [4.69, 9.17) is 18.0 Å². The molecular formula is C12H16F3N3S. The fourth-order valence-corrected chi connectivity index (χ4v) is 1.71. The Kier molecular flexibility index (Phi) is 5.53. The fraction of sp³-hybridized carbons (Fsp3) is 0.500. The van der Waals surface area contributed by atoms with Crippen molar-refractivity contribution in [2.24, 2.45) is 5.73 Å². The minimum Gasteiger partial charge on any atom is -0.389 e. The van der Waals surface area contributed by atoms with E-state index in [1.807, 2.05) is 6.92 Å². The number of nitrogens with one attached hydrogen (secondary N) is 1. The second-order valence-electron chi connectivity index (χ2n) is 4.21. The summed E-state index contributed by atoms with van der Waals surface area (Å²) >= 11 is 4.89. The average molecular weight is 291 g/mol. The van der Waals surface area contributed by atoms with E-state index in [-0.39, 0.29) is 11.4 Å². The van der Waals surface area contributed by atoms with Crippen LogP contribution in [0.3, 0.4) is 0 Å². The highest BCUT2D eigenvalue weighted by molar-refractivity contribution is 7.80. The number of rotatable bonds is 6. The molecule has 19 heavy (non-hydrogen) atoms. The molecule has 0 saturated heterocycles. The van der Waals surface area contributed by atoms with Crippen molar-refractivity contribution in [3.8, 4) is 0 Å². The lowest BCUT2D eigenvalue weighted by atomic mass is 10.2. The number of aryl methyl sites for hydroxylation is 1. The van der Waals surface area contributed by atoms with Gasteiger partial charge < -0.3 is 11.1 Å². The van der Waals surface area contributed by atoms with E-state index >= 15 is 0 Å². The zero-order valence-corrected chi connectivity index (χ0v) is 11.4. The highest BCUT2D eigenvalue weighted by atomic mass is 32.1. The number of alkyl halides is 3. The van der Waals surface area contributed by atoms with Crippen LogP contribution < -0.4 is 11.1 Å². The van der Waals surface area contributed by atoms with Crippen LogP contribution in [0.1, 0.15) is 30.5 Å². The highest BCUT2D eigenvalue weighted by Gasteiger charge is 2.25. The second-order valence-corrected chi connectivity index (χ2v) is 4.65. The summed E-state index contributed by atoms with van der Waals surface area (Å²) < 4.78 is 35.9. The number of anilines is 1. The van der Waals surface area contributed by atoms with Crippen molar-refractivity contribution in [3.05, 3.63) is 23.4 Å². The molecule has 1 heterocycles. The first-order chi connectivity index (χ1) is 8.79. The number of halogens is 3. The molecule has 0 amide bonds. The van der Waals surface area contributed by atoms with Crippen LogP contribution in [-0.4, -0.2) is 22.7 Å². The molecule has 0 bridgehead atoms. The Morgan fingerprint density at radius 3 is 2.63 bits per heavy atom. The van der Waals surface area contributed by atoms with Crippen LogP contribution in [0.2, 0.25) is 0 Å². The minimum absolute atomic E-state index is 0.0880. The largest absolute Gasteiger partial charge is 0.389 e. The molecule has 0 radical (unpaired) electrons. The summed E-state index contributed by atoms with van der Waals surface area (Å²) in [6.07, 6.45) is -4.36. The predicted octanol–water partition coefficient (Wildman–Crippen LogP) is 3.17. The van der Waals surface area contributed by atoms with Gasteiger partial charge in [0, 0.05) is 18.7 Å². The van der Waals surface area contributed by atoms with Crippen molar-refractivity contribution in [1.29, 1.82) is 0 Å². The summed E-state index contributed by atoms with van der Waals surface area (Å²) in [5.74, 6) is 0.527. The van der Waals surface area contributed by atoms with Crippen molar-refractivity contribution in [2.75, 3.05) is 11.9 Å². The molecule has 1 rings (SSSR count). The quantitative estimate of drug-likeness (QED) is 0.624. The molecular weight excluding hydrogens is 275 g/mol. The lowest BCUT2D eigenvalue weighted by Gasteiger charge is -2.11. The van der Waals surface area contributed by atoms with Gasteiger partial charge in [-0.25, -0.2) is 4.98 Å². The molecule has 1 aromatic rings. The van der Waals surface area contributed by atoms with Crippen LogP contribution in [0.5, 0.6) is 0 Å². The summed E-state index contributed by atoms with van der Waals surface area (Å²) in [5.41, 5.74) is 6.95. The monoisotopic (exact) mass is 291 g/mol. The summed E-state index contributed by atoms with van der Waals surface area (Å²) in [6.45, 7) is 2.22. The zero-order chi connectivity index (χ0) is 14.5. The Morgan fingerprint density at radius 2 is 2.05 bits per heavy atom. The van der Waals surface area contributed by atoms with Gasteiger partial charge in [0.25, 0.3) is 0 Å². The van der Waals surface area contributed by atoms with Gasteiger partial charge >= 0.3 is 6.18 Å². The van der Waals surface area contributed by atoms with Gasteiger partial charge in [-0.15, -0.1) is 0 Å². The summed E-state index contributed by atoms with van der Waals surface area (Å²) in [4.78, 5) is 4.45. The standard InChI is InChI=1S/C12H16F3N3S/c1-8-4-5-9(10(16)19)11(18-8)17-7-3-2-6-12(13,14)15/h4-5H,2-3,6-7H2,1H3,(H2,16,19)(H,17,18). The third kappa shape index (κ3) is 5.87. The van der Waals surface area contributed by atoms with Gasteiger partial charge in [-0.05, 0) is 31.9 Å². The first-order valence-electron chi connectivity index (χ1n) is 5.87. The number of nitrogens with zero attached hydrogens (tertiary/aromatic N) is 1. The topological polar surface area (TPSA) is 50.9 Å². The third-order valence-electron chi connectivity index (χ3n) is 2.48. The van der Waals surface area contributed by atoms with Crippen LogP contribution in [0, 0.1) is 6.92 Å². The molecule has 106 valence electrons. The molecule has 0 aliphatic carbocycles. The number of pyridine rings is 1. The van der Waals surface area contributed by atoms with E-state index in [0.29, 0.717) is 24.3 Å². The Hall–Kier alpha value is -1.37. The summed E-state index contributed by atoms with van der Waals surface area (Å²) in [5, 5.41) is 2.98. The molecule has 7 heteroatoms. The molecule has 0 spiro atoms. The first kappa shape index (κ1) is 15.7. The van der Waals surface area contributed by atoms with Gasteiger partial charge in [-0.1, -0.05) is 12.2 Å². The summed E-state index contributed by atoms with van der Waals surface area (Å²) in [7, 11) is 0. The van der Waals surface area contributed by atoms with Gasteiger partial charge in [0.2, 0.25) is 0 Å². The van der Waals surface area contributed by atoms with Gasteiger partial charge in [-0.3, -0.25) is 0 Å². The molecule has 0 atom stereocenters. The number of thiocarbonyl (C=S) groups is 1. The molecule has 3 N–H and O–H groups in total. The van der Waals surface area contributed by atoms with E-state index in [1.54, 1.807) is 12.1 Å². The molecule has 0 fully saturated rings. The van der Waals surface area contributed by atoms with Gasteiger partial charge in [0.15, 0.2) is 0 Å². The normalized spacial score (nSPS) is 11.4. The smallest absolute Gasteiger partial charge is 0.389 e. The van der Waals surface area contributed by atoms with E-state index in [1.165, 1.54) is 0 Å². The van der Waals surface area contributed by atoms with Crippen molar-refractivity contribution >= 4 is 23.0 Å². The number of nitrogens with two attached hydrogens (primary N) is 1. The Bertz CT molecular complexity index is 446. The van der Waals surface area contributed by atoms with Gasteiger partial charge in [0.1, 0.15) is 10.8 Å². The predicted molar refractivity (Wildman–Crippen MR) is 73.3 cm³/mol. The molecule has 0 aromatic carbocycles. The van der Waals surface area contributed by atoms with Crippen LogP contribution in [0.25, 0.3) is 0 Å². The fourth-order valence-electron chi connectivity index (χ4n) is 1.55. The number of aromatic nitrogens is 1. The molecule has 3 nitrogen and oxygen atoms in total. The van der Waals surface area contributed by atoms with Crippen molar-refractivity contribution in [2.45, 2.75) is 32.4 Å². The average Bonchev–Trinajstić information content (AvgIpc) is 2.26. The van der Waals surface area contributed by atoms with E-state index in [0.717, 1.165) is 5.69 Å². The lowest BCUT2D eigenvalue weighted by molar-refractivity contribution is -0.135. The first-order valence-corrected chi connectivity index (χ1v) is 6.28. The SMILES string of the molecule is Cc1ccc(C(N)=S)c(NCCCCC(F)(F)F)n1. The number of hydrogen-bond acceptors (Lipinski definition) is 3. The van der Waals surface area contributed by atoms with Crippen molar-refractivity contribution in [3.63, 3.8) is 0 Å². The van der Waals surface area contributed by atoms with E-state index in [2.05, 4.69) is 10.3 Å². The Balaban J connectivity index is 2.49. The summed E-state index contributed by atoms with van der Waals surface area (Å²) in [6, 6.07) is 3.53. The highest BCUT2D eigenvalue weighted by Crippen LogP contribution is 2.22. The van der Waals surface area contributed by atoms with Crippen LogP contribution >= 0.6 is 12.2 Å². The minimum atomic E-state index is -4.09. The maximum absolute atomic E-state index is 12.0. The number of unbranched alkanes of at least 4 members (excludes halogenated alkanes) is 1. The Morgan fingerprint density at radius 1 is 1.37 bits per heavy atom. The van der Waals surface area contributed by atoms with E-state index in [9.17, 15) is 13.2 Å².